The summed E-state index contributed by atoms with van der Waals surface area (Å²) >= 11 is 5.89. The van der Waals surface area contributed by atoms with Crippen molar-refractivity contribution in [3.8, 4) is 11.9 Å². The van der Waals surface area contributed by atoms with Gasteiger partial charge in [0.05, 0.1) is 18.8 Å². The van der Waals surface area contributed by atoms with Gasteiger partial charge in [-0.3, -0.25) is 4.57 Å². The lowest BCUT2D eigenvalue weighted by Gasteiger charge is -2.17. The second-order valence-electron chi connectivity index (χ2n) is 5.00. The Labute approximate surface area is 134 Å². The van der Waals surface area contributed by atoms with Gasteiger partial charge in [0.25, 0.3) is 0 Å². The van der Waals surface area contributed by atoms with E-state index in [4.69, 9.17) is 26.8 Å². The summed E-state index contributed by atoms with van der Waals surface area (Å²) in [5.41, 5.74) is 7.87. The van der Waals surface area contributed by atoms with Gasteiger partial charge in [0.15, 0.2) is 0 Å². The Balaban J connectivity index is 2.31. The zero-order valence-electron chi connectivity index (χ0n) is 12.5. The maximum Gasteiger partial charge on any atom is 0.219 e. The second kappa shape index (κ2) is 7.21. The molecule has 0 aliphatic heterocycles. The fourth-order valence-corrected chi connectivity index (χ4v) is 2.29. The molecule has 22 heavy (non-hydrogen) atoms. The zero-order chi connectivity index (χ0) is 16.1. The topological polar surface area (TPSA) is 73.2 Å². The SMILES string of the molecule is COCC(C)Oc1c(N)cc(C#N)n1Cc1ccc(Cl)cc1. The number of hydrogen-bond donors (Lipinski definition) is 1. The number of methoxy groups -OCH3 is 1. The average molecular weight is 320 g/mol. The quantitative estimate of drug-likeness (QED) is 0.888. The number of hydrogen-bond acceptors (Lipinski definition) is 4. The highest BCUT2D eigenvalue weighted by Crippen LogP contribution is 2.28. The molecule has 0 spiro atoms. The highest BCUT2D eigenvalue weighted by molar-refractivity contribution is 6.30. The van der Waals surface area contributed by atoms with Crippen LogP contribution in [-0.2, 0) is 11.3 Å². The van der Waals surface area contributed by atoms with E-state index in [9.17, 15) is 5.26 Å². The Morgan fingerprint density at radius 1 is 1.36 bits per heavy atom. The second-order valence-corrected chi connectivity index (χ2v) is 5.43. The van der Waals surface area contributed by atoms with Crippen molar-refractivity contribution in [2.24, 2.45) is 0 Å². The highest BCUT2D eigenvalue weighted by Gasteiger charge is 2.17. The third-order valence-electron chi connectivity index (χ3n) is 3.16. The molecule has 0 saturated heterocycles. The minimum Gasteiger partial charge on any atom is -0.472 e. The van der Waals surface area contributed by atoms with Crippen LogP contribution in [0.4, 0.5) is 5.69 Å². The number of ether oxygens (including phenoxy) is 2. The van der Waals surface area contributed by atoms with Crippen molar-refractivity contribution in [3.63, 3.8) is 0 Å². The van der Waals surface area contributed by atoms with Gasteiger partial charge in [-0.25, -0.2) is 0 Å². The van der Waals surface area contributed by atoms with Crippen molar-refractivity contribution >= 4 is 17.3 Å². The number of nitriles is 1. The molecule has 5 nitrogen and oxygen atoms in total. The Morgan fingerprint density at radius 3 is 2.64 bits per heavy atom. The van der Waals surface area contributed by atoms with Crippen LogP contribution in [0, 0.1) is 11.3 Å². The lowest BCUT2D eigenvalue weighted by Crippen LogP contribution is -2.20. The van der Waals surface area contributed by atoms with Gasteiger partial charge in [-0.15, -0.1) is 0 Å². The van der Waals surface area contributed by atoms with E-state index in [1.165, 1.54) is 0 Å². The van der Waals surface area contributed by atoms with E-state index in [2.05, 4.69) is 6.07 Å². The molecule has 2 rings (SSSR count). The number of nitrogens with zero attached hydrogens (tertiary/aromatic N) is 2. The van der Waals surface area contributed by atoms with Gasteiger partial charge in [0.2, 0.25) is 5.88 Å². The maximum absolute atomic E-state index is 9.29. The van der Waals surface area contributed by atoms with Gasteiger partial charge >= 0.3 is 0 Å². The van der Waals surface area contributed by atoms with Crippen molar-refractivity contribution in [2.45, 2.75) is 19.6 Å². The summed E-state index contributed by atoms with van der Waals surface area (Å²) < 4.78 is 12.7. The number of benzene rings is 1. The number of nitrogen functional groups attached to an aromatic ring is 1. The molecule has 1 aromatic heterocycles. The Hall–Kier alpha value is -2.16. The monoisotopic (exact) mass is 319 g/mol. The number of rotatable bonds is 6. The van der Waals surface area contributed by atoms with Crippen LogP contribution >= 0.6 is 11.6 Å². The van der Waals surface area contributed by atoms with Crippen LogP contribution in [0.25, 0.3) is 0 Å². The molecule has 0 radical (unpaired) electrons. The van der Waals surface area contributed by atoms with Gasteiger partial charge < -0.3 is 15.2 Å². The van der Waals surface area contributed by atoms with E-state index in [0.29, 0.717) is 35.4 Å². The molecule has 116 valence electrons. The van der Waals surface area contributed by atoms with Crippen LogP contribution in [0.1, 0.15) is 18.2 Å². The molecule has 0 aliphatic rings. The first-order chi connectivity index (χ1) is 10.5. The smallest absolute Gasteiger partial charge is 0.219 e. The first-order valence-corrected chi connectivity index (χ1v) is 7.22. The summed E-state index contributed by atoms with van der Waals surface area (Å²) in [6, 6.07) is 11.2. The van der Waals surface area contributed by atoms with E-state index in [1.807, 2.05) is 31.2 Å². The predicted octanol–water partition coefficient (Wildman–Crippen LogP) is 3.06. The van der Waals surface area contributed by atoms with E-state index < -0.39 is 0 Å². The van der Waals surface area contributed by atoms with E-state index >= 15 is 0 Å². The zero-order valence-corrected chi connectivity index (χ0v) is 13.3. The maximum atomic E-state index is 9.29. The highest BCUT2D eigenvalue weighted by atomic mass is 35.5. The number of nitrogens with two attached hydrogens (primary N) is 1. The fourth-order valence-electron chi connectivity index (χ4n) is 2.17. The molecule has 1 atom stereocenters. The van der Waals surface area contributed by atoms with Gasteiger partial charge in [-0.05, 0) is 24.6 Å². The molecule has 0 fully saturated rings. The molecular formula is C16H18ClN3O2. The molecular weight excluding hydrogens is 302 g/mol. The first-order valence-electron chi connectivity index (χ1n) is 6.84. The Bertz CT molecular complexity index is 674. The fraction of sp³-hybridized carbons (Fsp3) is 0.312. The first kappa shape index (κ1) is 16.2. The molecule has 6 heteroatoms. The lowest BCUT2D eigenvalue weighted by molar-refractivity contribution is 0.0869. The third kappa shape index (κ3) is 3.73. The number of halogens is 1. The van der Waals surface area contributed by atoms with Gasteiger partial charge in [-0.1, -0.05) is 23.7 Å². The molecule has 1 unspecified atom stereocenters. The van der Waals surface area contributed by atoms with E-state index in [0.717, 1.165) is 5.56 Å². The van der Waals surface area contributed by atoms with E-state index in [1.54, 1.807) is 17.7 Å². The van der Waals surface area contributed by atoms with Crippen LogP contribution in [0.2, 0.25) is 5.02 Å². The lowest BCUT2D eigenvalue weighted by atomic mass is 10.2. The summed E-state index contributed by atoms with van der Waals surface area (Å²) in [7, 11) is 1.61. The average Bonchev–Trinajstić information content (AvgIpc) is 2.78. The summed E-state index contributed by atoms with van der Waals surface area (Å²) in [6.07, 6.45) is -0.169. The van der Waals surface area contributed by atoms with Gasteiger partial charge in [0, 0.05) is 18.2 Å². The van der Waals surface area contributed by atoms with Crippen molar-refractivity contribution in [3.05, 3.63) is 46.6 Å². The molecule has 2 N–H and O–H groups in total. The number of aromatic nitrogens is 1. The van der Waals surface area contributed by atoms with E-state index in [-0.39, 0.29) is 6.10 Å². The van der Waals surface area contributed by atoms with Crippen molar-refractivity contribution < 1.29 is 9.47 Å². The summed E-state index contributed by atoms with van der Waals surface area (Å²) in [5.74, 6) is 0.482. The molecule has 0 bridgehead atoms. The van der Waals surface area contributed by atoms with Crippen LogP contribution in [-0.4, -0.2) is 24.4 Å². The van der Waals surface area contributed by atoms with Crippen LogP contribution in [0.3, 0.4) is 0 Å². The normalized spacial score (nSPS) is 11.9. The predicted molar refractivity (Wildman–Crippen MR) is 86.1 cm³/mol. The largest absolute Gasteiger partial charge is 0.472 e. The molecule has 2 aromatic rings. The molecule has 0 aliphatic carbocycles. The number of anilines is 1. The minimum atomic E-state index is -0.169. The Kier molecular flexibility index (Phi) is 5.31. The van der Waals surface area contributed by atoms with Gasteiger partial charge in [0.1, 0.15) is 17.9 Å². The summed E-state index contributed by atoms with van der Waals surface area (Å²) in [4.78, 5) is 0. The molecule has 1 aromatic carbocycles. The van der Waals surface area contributed by atoms with Gasteiger partial charge in [-0.2, -0.15) is 5.26 Å². The standard InChI is InChI=1S/C16H18ClN3O2/c1-11(10-21-2)22-16-15(19)7-14(8-18)20(16)9-12-3-5-13(17)6-4-12/h3-7,11H,9-10,19H2,1-2H3. The van der Waals surface area contributed by atoms with Crippen LogP contribution < -0.4 is 10.5 Å². The summed E-state index contributed by atoms with van der Waals surface area (Å²) in [5, 5.41) is 9.96. The third-order valence-corrected chi connectivity index (χ3v) is 3.41. The molecule has 1 heterocycles. The molecule has 0 amide bonds. The van der Waals surface area contributed by atoms with Crippen LogP contribution in [0.15, 0.2) is 30.3 Å². The van der Waals surface area contributed by atoms with Crippen molar-refractivity contribution in [1.82, 2.24) is 4.57 Å². The Morgan fingerprint density at radius 2 is 2.05 bits per heavy atom. The minimum absolute atomic E-state index is 0.169. The summed E-state index contributed by atoms with van der Waals surface area (Å²) in [6.45, 7) is 2.80. The van der Waals surface area contributed by atoms with Crippen LogP contribution in [0.5, 0.6) is 5.88 Å². The van der Waals surface area contributed by atoms with Crippen molar-refractivity contribution in [1.29, 1.82) is 5.26 Å². The van der Waals surface area contributed by atoms with Crippen molar-refractivity contribution in [2.75, 3.05) is 19.5 Å². The molecule has 0 saturated carbocycles.